The van der Waals surface area contributed by atoms with Crippen molar-refractivity contribution in [2.75, 3.05) is 0 Å². The van der Waals surface area contributed by atoms with E-state index in [9.17, 15) is 4.79 Å². The first-order valence-corrected chi connectivity index (χ1v) is 3.49. The van der Waals surface area contributed by atoms with Crippen LogP contribution in [0.25, 0.3) is 0 Å². The smallest absolute Gasteiger partial charge is 0.197 e. The second-order valence-corrected chi connectivity index (χ2v) is 2.57. The van der Waals surface area contributed by atoms with Gasteiger partial charge in [-0.3, -0.25) is 4.79 Å². The highest BCUT2D eigenvalue weighted by Gasteiger charge is 2.00. The molecule has 1 aromatic rings. The minimum absolute atomic E-state index is 0.124. The van der Waals surface area contributed by atoms with E-state index in [1.807, 2.05) is 0 Å². The molecular weight excluding hydrogens is 196 g/mol. The molecule has 0 unspecified atom stereocenters. The summed E-state index contributed by atoms with van der Waals surface area (Å²) in [5, 5.41) is 0. The molecule has 0 atom stereocenters. The van der Waals surface area contributed by atoms with Crippen LogP contribution in [0.4, 0.5) is 0 Å². The lowest BCUT2D eigenvalue weighted by atomic mass is 10.4. The molecule has 0 saturated carbocycles. The van der Waals surface area contributed by atoms with Gasteiger partial charge in [-0.2, -0.15) is 0 Å². The van der Waals surface area contributed by atoms with Gasteiger partial charge >= 0.3 is 0 Å². The predicted molar refractivity (Wildman–Crippen MR) is 39.7 cm³/mol. The van der Waals surface area contributed by atoms with Crippen molar-refractivity contribution >= 4 is 21.7 Å². The Balaban J connectivity index is 3.07. The SMILES string of the molecule is CC(=O)c1nccc(Br)n1. The van der Waals surface area contributed by atoms with Crippen LogP contribution in [0.15, 0.2) is 16.9 Å². The normalized spacial score (nSPS) is 9.40. The van der Waals surface area contributed by atoms with E-state index in [0.717, 1.165) is 0 Å². The Morgan fingerprint density at radius 1 is 1.70 bits per heavy atom. The molecule has 1 aromatic heterocycles. The summed E-state index contributed by atoms with van der Waals surface area (Å²) in [6, 6.07) is 1.67. The van der Waals surface area contributed by atoms with Crippen molar-refractivity contribution in [3.63, 3.8) is 0 Å². The molecule has 0 aliphatic heterocycles. The van der Waals surface area contributed by atoms with Gasteiger partial charge in [-0.1, -0.05) is 0 Å². The van der Waals surface area contributed by atoms with Crippen molar-refractivity contribution < 1.29 is 4.79 Å². The van der Waals surface area contributed by atoms with Crippen molar-refractivity contribution in [3.05, 3.63) is 22.7 Å². The minimum atomic E-state index is -0.124. The third-order valence-corrected chi connectivity index (χ3v) is 1.38. The van der Waals surface area contributed by atoms with Crippen LogP contribution in [0.2, 0.25) is 0 Å². The highest BCUT2D eigenvalue weighted by atomic mass is 79.9. The van der Waals surface area contributed by atoms with E-state index in [1.165, 1.54) is 13.1 Å². The highest BCUT2D eigenvalue weighted by Crippen LogP contribution is 2.03. The van der Waals surface area contributed by atoms with E-state index in [0.29, 0.717) is 4.60 Å². The van der Waals surface area contributed by atoms with E-state index in [1.54, 1.807) is 6.07 Å². The van der Waals surface area contributed by atoms with Gasteiger partial charge in [-0.25, -0.2) is 9.97 Å². The van der Waals surface area contributed by atoms with Crippen LogP contribution in [-0.4, -0.2) is 15.8 Å². The van der Waals surface area contributed by atoms with Crippen molar-refractivity contribution in [1.82, 2.24) is 9.97 Å². The molecule has 0 N–H and O–H groups in total. The summed E-state index contributed by atoms with van der Waals surface area (Å²) in [6.45, 7) is 1.43. The highest BCUT2D eigenvalue weighted by molar-refractivity contribution is 9.10. The predicted octanol–water partition coefficient (Wildman–Crippen LogP) is 1.44. The second kappa shape index (κ2) is 2.88. The van der Waals surface area contributed by atoms with Gasteiger partial charge in [0.1, 0.15) is 4.60 Å². The van der Waals surface area contributed by atoms with Crippen LogP contribution in [-0.2, 0) is 0 Å². The number of halogens is 1. The van der Waals surface area contributed by atoms with Gasteiger partial charge in [0, 0.05) is 13.1 Å². The molecule has 10 heavy (non-hydrogen) atoms. The van der Waals surface area contributed by atoms with Gasteiger partial charge in [-0.15, -0.1) is 0 Å². The number of nitrogens with zero attached hydrogens (tertiary/aromatic N) is 2. The number of aromatic nitrogens is 2. The molecule has 0 bridgehead atoms. The largest absolute Gasteiger partial charge is 0.291 e. The lowest BCUT2D eigenvalue weighted by Gasteiger charge is -1.91. The topological polar surface area (TPSA) is 42.9 Å². The second-order valence-electron chi connectivity index (χ2n) is 1.76. The van der Waals surface area contributed by atoms with Gasteiger partial charge in [0.2, 0.25) is 0 Å². The summed E-state index contributed by atoms with van der Waals surface area (Å²) in [6.07, 6.45) is 1.54. The van der Waals surface area contributed by atoms with Crippen molar-refractivity contribution in [3.8, 4) is 0 Å². The Hall–Kier alpha value is -0.770. The number of Topliss-reactive ketones (excluding diaryl/α,β-unsaturated/α-hetero) is 1. The van der Waals surface area contributed by atoms with Gasteiger partial charge in [0.25, 0.3) is 0 Å². The summed E-state index contributed by atoms with van der Waals surface area (Å²) in [5.74, 6) is 0.121. The third-order valence-electron chi connectivity index (χ3n) is 0.936. The summed E-state index contributed by atoms with van der Waals surface area (Å²) >= 11 is 3.13. The maximum atomic E-state index is 10.7. The van der Waals surface area contributed by atoms with Crippen molar-refractivity contribution in [2.24, 2.45) is 0 Å². The zero-order valence-corrected chi connectivity index (χ0v) is 6.92. The fraction of sp³-hybridized carbons (Fsp3) is 0.167. The molecule has 0 aliphatic rings. The third kappa shape index (κ3) is 1.60. The minimum Gasteiger partial charge on any atom is -0.291 e. The molecule has 1 heterocycles. The van der Waals surface area contributed by atoms with Gasteiger partial charge in [0.05, 0.1) is 0 Å². The number of ketones is 1. The molecule has 1 rings (SSSR count). The lowest BCUT2D eigenvalue weighted by molar-refractivity contribution is 0.100. The summed E-state index contributed by atoms with van der Waals surface area (Å²) < 4.78 is 0.632. The molecule has 0 aromatic carbocycles. The quantitative estimate of drug-likeness (QED) is 0.510. The zero-order chi connectivity index (χ0) is 7.56. The van der Waals surface area contributed by atoms with Crippen LogP contribution in [0.5, 0.6) is 0 Å². The summed E-state index contributed by atoms with van der Waals surface area (Å²) in [7, 11) is 0. The molecule has 0 radical (unpaired) electrons. The van der Waals surface area contributed by atoms with Gasteiger partial charge < -0.3 is 0 Å². The van der Waals surface area contributed by atoms with Crippen LogP contribution >= 0.6 is 15.9 Å². The van der Waals surface area contributed by atoms with Crippen LogP contribution in [0.3, 0.4) is 0 Å². The van der Waals surface area contributed by atoms with E-state index >= 15 is 0 Å². The first-order chi connectivity index (χ1) is 4.70. The Morgan fingerprint density at radius 2 is 2.40 bits per heavy atom. The molecule has 4 heteroatoms. The fourth-order valence-electron chi connectivity index (χ4n) is 0.506. The molecule has 3 nitrogen and oxygen atoms in total. The standard InChI is InChI=1S/C6H5BrN2O/c1-4(10)6-8-3-2-5(7)9-6/h2-3H,1H3. The molecule has 0 amide bonds. The van der Waals surface area contributed by atoms with Gasteiger partial charge in [0.15, 0.2) is 11.6 Å². The lowest BCUT2D eigenvalue weighted by Crippen LogP contribution is -1.99. The first kappa shape index (κ1) is 7.34. The van der Waals surface area contributed by atoms with E-state index in [2.05, 4.69) is 25.9 Å². The maximum Gasteiger partial charge on any atom is 0.197 e. The van der Waals surface area contributed by atoms with Gasteiger partial charge in [-0.05, 0) is 22.0 Å². The molecule has 52 valence electrons. The van der Waals surface area contributed by atoms with E-state index < -0.39 is 0 Å². The van der Waals surface area contributed by atoms with Crippen molar-refractivity contribution in [2.45, 2.75) is 6.92 Å². The zero-order valence-electron chi connectivity index (χ0n) is 5.34. The summed E-state index contributed by atoms with van der Waals surface area (Å²) in [5.41, 5.74) is 0. The van der Waals surface area contributed by atoms with Crippen LogP contribution in [0.1, 0.15) is 17.5 Å². The Bertz CT molecular complexity index is 262. The number of carbonyl (C=O) groups excluding carboxylic acids is 1. The average molecular weight is 201 g/mol. The van der Waals surface area contributed by atoms with Crippen molar-refractivity contribution in [1.29, 1.82) is 0 Å². The number of hydrogen-bond acceptors (Lipinski definition) is 3. The molecule has 0 aliphatic carbocycles. The number of carbonyl (C=O) groups is 1. The van der Waals surface area contributed by atoms with E-state index in [-0.39, 0.29) is 11.6 Å². The Morgan fingerprint density at radius 3 is 2.80 bits per heavy atom. The molecule has 0 spiro atoms. The summed E-state index contributed by atoms with van der Waals surface area (Å²) in [4.78, 5) is 18.2. The monoisotopic (exact) mass is 200 g/mol. The number of rotatable bonds is 1. The maximum absolute atomic E-state index is 10.7. The molecule has 0 saturated heterocycles. The first-order valence-electron chi connectivity index (χ1n) is 2.69. The van der Waals surface area contributed by atoms with Crippen LogP contribution in [0, 0.1) is 0 Å². The Labute approximate surface area is 66.6 Å². The molecular formula is C6H5BrN2O. The fourth-order valence-corrected chi connectivity index (χ4v) is 0.792. The number of hydrogen-bond donors (Lipinski definition) is 0. The average Bonchev–Trinajstić information content (AvgIpc) is 1.88. The Kier molecular flexibility index (Phi) is 2.11. The van der Waals surface area contributed by atoms with E-state index in [4.69, 9.17) is 0 Å². The van der Waals surface area contributed by atoms with Crippen LogP contribution < -0.4 is 0 Å². The molecule has 0 fully saturated rings.